The van der Waals surface area contributed by atoms with Gasteiger partial charge in [0.2, 0.25) is 0 Å². The summed E-state index contributed by atoms with van der Waals surface area (Å²) in [6, 6.07) is 6.73. The highest BCUT2D eigenvalue weighted by atomic mass is 32.2. The van der Waals surface area contributed by atoms with Gasteiger partial charge < -0.3 is 9.47 Å². The van der Waals surface area contributed by atoms with Crippen LogP contribution in [0.2, 0.25) is 0 Å². The predicted octanol–water partition coefficient (Wildman–Crippen LogP) is 2.25. The molecular formula is C17H15FN2O7S. The number of nitrogens with zero attached hydrogens (tertiary/aromatic N) is 2. The minimum absolute atomic E-state index is 0.0677. The predicted molar refractivity (Wildman–Crippen MR) is 95.1 cm³/mol. The first-order valence-electron chi connectivity index (χ1n) is 8.05. The van der Waals surface area contributed by atoms with Crippen LogP contribution in [-0.2, 0) is 19.6 Å². The number of esters is 1. The van der Waals surface area contributed by atoms with Crippen LogP contribution in [0.3, 0.4) is 0 Å². The molecule has 3 rings (SSSR count). The van der Waals surface area contributed by atoms with Crippen molar-refractivity contribution in [1.82, 2.24) is 0 Å². The monoisotopic (exact) mass is 410 g/mol. The fourth-order valence-corrected chi connectivity index (χ4v) is 4.36. The molecule has 1 unspecified atom stereocenters. The van der Waals surface area contributed by atoms with E-state index in [1.807, 2.05) is 0 Å². The molecule has 0 saturated heterocycles. The van der Waals surface area contributed by atoms with Crippen molar-refractivity contribution in [3.63, 3.8) is 0 Å². The Balaban J connectivity index is 2.13. The molecular weight excluding hydrogens is 395 g/mol. The number of anilines is 1. The van der Waals surface area contributed by atoms with Crippen molar-refractivity contribution >= 4 is 27.4 Å². The van der Waals surface area contributed by atoms with Crippen LogP contribution in [0.25, 0.3) is 0 Å². The number of carbonyl (C=O) groups excluding carboxylic acids is 1. The van der Waals surface area contributed by atoms with Gasteiger partial charge >= 0.3 is 5.97 Å². The number of sulfonamides is 1. The quantitative estimate of drug-likeness (QED) is 0.422. The zero-order valence-electron chi connectivity index (χ0n) is 14.6. The average molecular weight is 410 g/mol. The number of hydrogen-bond acceptors (Lipinski definition) is 7. The third kappa shape index (κ3) is 3.74. The first kappa shape index (κ1) is 19.5. The van der Waals surface area contributed by atoms with Gasteiger partial charge in [-0.1, -0.05) is 0 Å². The molecule has 0 aliphatic carbocycles. The highest BCUT2D eigenvalue weighted by Crippen LogP contribution is 2.40. The zero-order valence-corrected chi connectivity index (χ0v) is 15.4. The fourth-order valence-electron chi connectivity index (χ4n) is 2.74. The van der Waals surface area contributed by atoms with Crippen LogP contribution in [0.15, 0.2) is 47.4 Å². The van der Waals surface area contributed by atoms with Crippen molar-refractivity contribution in [2.45, 2.75) is 17.9 Å². The molecule has 28 heavy (non-hydrogen) atoms. The van der Waals surface area contributed by atoms with Gasteiger partial charge in [-0.15, -0.1) is 0 Å². The molecule has 0 N–H and O–H groups in total. The highest BCUT2D eigenvalue weighted by Gasteiger charge is 2.39. The Morgan fingerprint density at radius 3 is 2.61 bits per heavy atom. The van der Waals surface area contributed by atoms with Crippen LogP contribution in [0, 0.1) is 15.9 Å². The summed E-state index contributed by atoms with van der Waals surface area (Å²) in [4.78, 5) is 21.4. The van der Waals surface area contributed by atoms with Gasteiger partial charge in [0.05, 0.1) is 9.82 Å². The van der Waals surface area contributed by atoms with Gasteiger partial charge in [0.25, 0.3) is 15.7 Å². The van der Waals surface area contributed by atoms with E-state index in [0.29, 0.717) is 0 Å². The number of carbonyl (C=O) groups is 1. The molecule has 1 aliphatic heterocycles. The van der Waals surface area contributed by atoms with E-state index in [0.717, 1.165) is 34.6 Å². The maximum atomic E-state index is 13.2. The fraction of sp³-hybridized carbons (Fsp3) is 0.235. The lowest BCUT2D eigenvalue weighted by atomic mass is 10.2. The Morgan fingerprint density at radius 1 is 1.32 bits per heavy atom. The van der Waals surface area contributed by atoms with E-state index in [2.05, 4.69) is 0 Å². The number of rotatable bonds is 5. The Bertz CT molecular complexity index is 1020. The zero-order chi connectivity index (χ0) is 20.5. The molecule has 2 aromatic carbocycles. The van der Waals surface area contributed by atoms with Gasteiger partial charge in [-0.25, -0.2) is 12.8 Å². The summed E-state index contributed by atoms with van der Waals surface area (Å²) in [6.45, 7) is 0.706. The van der Waals surface area contributed by atoms with Crippen LogP contribution in [0.1, 0.15) is 6.92 Å². The van der Waals surface area contributed by atoms with Crippen LogP contribution < -0.4 is 9.04 Å². The standard InChI is InChI=1S/C17H15FN2O7S/c1-11(21)26-9-14-10-27-17-7-4-13(20(22)23)8-16(17)19(14)28(24,25)15-5-2-12(18)3-6-15/h2-8,14H,9-10H2,1H3. The van der Waals surface area contributed by atoms with E-state index >= 15 is 0 Å². The largest absolute Gasteiger partial charge is 0.489 e. The van der Waals surface area contributed by atoms with Crippen molar-refractivity contribution in [2.24, 2.45) is 0 Å². The molecule has 1 atom stereocenters. The molecule has 0 radical (unpaired) electrons. The van der Waals surface area contributed by atoms with Gasteiger partial charge in [-0.3, -0.25) is 19.2 Å². The smallest absolute Gasteiger partial charge is 0.302 e. The second kappa shape index (κ2) is 7.43. The summed E-state index contributed by atoms with van der Waals surface area (Å²) < 4.78 is 51.0. The van der Waals surface area contributed by atoms with Crippen molar-refractivity contribution < 1.29 is 32.0 Å². The van der Waals surface area contributed by atoms with Crippen LogP contribution in [0.5, 0.6) is 5.75 Å². The lowest BCUT2D eigenvalue weighted by Gasteiger charge is -2.36. The average Bonchev–Trinajstić information content (AvgIpc) is 2.65. The maximum absolute atomic E-state index is 13.2. The van der Waals surface area contributed by atoms with Crippen molar-refractivity contribution in [3.8, 4) is 5.75 Å². The minimum Gasteiger partial charge on any atom is -0.489 e. The number of ether oxygens (including phenoxy) is 2. The topological polar surface area (TPSA) is 116 Å². The van der Waals surface area contributed by atoms with Gasteiger partial charge in [0.15, 0.2) is 0 Å². The molecule has 0 spiro atoms. The normalized spacial score (nSPS) is 16.1. The summed E-state index contributed by atoms with van der Waals surface area (Å²) >= 11 is 0. The Morgan fingerprint density at radius 2 is 2.00 bits per heavy atom. The molecule has 0 amide bonds. The lowest BCUT2D eigenvalue weighted by Crippen LogP contribution is -2.49. The van der Waals surface area contributed by atoms with Crippen LogP contribution in [-0.4, -0.2) is 38.6 Å². The van der Waals surface area contributed by atoms with Crippen molar-refractivity contribution in [2.75, 3.05) is 17.5 Å². The molecule has 0 bridgehead atoms. The number of fused-ring (bicyclic) bond motifs is 1. The van der Waals surface area contributed by atoms with Crippen molar-refractivity contribution in [1.29, 1.82) is 0 Å². The second-order valence-corrected chi connectivity index (χ2v) is 7.75. The molecule has 2 aromatic rings. The number of nitro groups is 1. The first-order chi connectivity index (χ1) is 13.2. The van der Waals surface area contributed by atoms with E-state index < -0.39 is 32.8 Å². The van der Waals surface area contributed by atoms with Gasteiger partial charge in [0.1, 0.15) is 36.5 Å². The summed E-state index contributed by atoms with van der Waals surface area (Å²) in [5, 5.41) is 11.1. The molecule has 1 heterocycles. The molecule has 0 aromatic heterocycles. The first-order valence-corrected chi connectivity index (χ1v) is 9.49. The molecule has 1 aliphatic rings. The van der Waals surface area contributed by atoms with Crippen molar-refractivity contribution in [3.05, 3.63) is 58.4 Å². The van der Waals surface area contributed by atoms with Gasteiger partial charge in [0, 0.05) is 19.1 Å². The molecule has 0 saturated carbocycles. The number of non-ortho nitro benzene ring substituents is 1. The minimum atomic E-state index is -4.26. The Labute approximate surface area is 159 Å². The summed E-state index contributed by atoms with van der Waals surface area (Å²) in [6.07, 6.45) is 0. The van der Waals surface area contributed by atoms with Crippen LogP contribution >= 0.6 is 0 Å². The number of halogens is 1. The Hall–Kier alpha value is -3.21. The maximum Gasteiger partial charge on any atom is 0.302 e. The van der Waals surface area contributed by atoms with Gasteiger partial charge in [-0.2, -0.15) is 0 Å². The van der Waals surface area contributed by atoms with E-state index in [1.54, 1.807) is 0 Å². The molecule has 11 heteroatoms. The second-order valence-electron chi connectivity index (χ2n) is 5.93. The third-order valence-corrected chi connectivity index (χ3v) is 5.88. The summed E-state index contributed by atoms with van der Waals surface area (Å²) in [5.41, 5.74) is -0.406. The SMILES string of the molecule is CC(=O)OCC1COc2ccc([N+](=O)[O-])cc2N1S(=O)(=O)c1ccc(F)cc1. The van der Waals surface area contributed by atoms with E-state index in [9.17, 15) is 27.7 Å². The molecule has 0 fully saturated rings. The molecule has 148 valence electrons. The number of benzene rings is 2. The van der Waals surface area contributed by atoms with Gasteiger partial charge in [-0.05, 0) is 30.3 Å². The Kier molecular flexibility index (Phi) is 5.18. The summed E-state index contributed by atoms with van der Waals surface area (Å²) in [7, 11) is -4.26. The van der Waals surface area contributed by atoms with Crippen LogP contribution in [0.4, 0.5) is 15.8 Å². The summed E-state index contributed by atoms with van der Waals surface area (Å²) in [5.74, 6) is -1.12. The highest BCUT2D eigenvalue weighted by molar-refractivity contribution is 7.92. The van der Waals surface area contributed by atoms with E-state index in [1.165, 1.54) is 19.1 Å². The third-order valence-electron chi connectivity index (χ3n) is 4.00. The number of nitro benzene ring substituents is 1. The van der Waals surface area contributed by atoms with E-state index in [4.69, 9.17) is 9.47 Å². The van der Waals surface area contributed by atoms with E-state index in [-0.39, 0.29) is 35.2 Å². The molecule has 9 nitrogen and oxygen atoms in total. The lowest BCUT2D eigenvalue weighted by molar-refractivity contribution is -0.384. The number of hydrogen-bond donors (Lipinski definition) is 0.